The number of amides is 2. The Morgan fingerprint density at radius 3 is 2.17 bits per heavy atom. The van der Waals surface area contributed by atoms with Crippen LogP contribution in [0.1, 0.15) is 22.4 Å². The fourth-order valence-corrected chi connectivity index (χ4v) is 3.05. The van der Waals surface area contributed by atoms with Crippen molar-refractivity contribution in [1.29, 1.82) is 0 Å². The summed E-state index contributed by atoms with van der Waals surface area (Å²) >= 11 is 0. The van der Waals surface area contributed by atoms with Crippen molar-refractivity contribution in [3.05, 3.63) is 58.9 Å². The smallest absolute Gasteiger partial charge is 0.416 e. The highest BCUT2D eigenvalue weighted by molar-refractivity contribution is 5.78. The van der Waals surface area contributed by atoms with Crippen LogP contribution >= 0.6 is 0 Å². The first-order chi connectivity index (χ1) is 13.4. The molecule has 0 bridgehead atoms. The van der Waals surface area contributed by atoms with Crippen LogP contribution in [0.3, 0.4) is 0 Å². The van der Waals surface area contributed by atoms with Gasteiger partial charge in [-0.15, -0.1) is 0 Å². The van der Waals surface area contributed by atoms with Gasteiger partial charge in [-0.05, 0) is 35.9 Å². The molecule has 2 heterocycles. The van der Waals surface area contributed by atoms with Crippen LogP contribution in [0, 0.1) is 0 Å². The predicted octanol–water partition coefficient (Wildman–Crippen LogP) is 3.49. The molecule has 3 N–H and O–H groups in total. The molecule has 0 aliphatic carbocycles. The van der Waals surface area contributed by atoms with Crippen LogP contribution in [0.5, 0.6) is 0 Å². The van der Waals surface area contributed by atoms with Gasteiger partial charge in [0, 0.05) is 6.20 Å². The first kappa shape index (κ1) is 20.8. The third-order valence-corrected chi connectivity index (χ3v) is 4.39. The number of urea groups is 1. The van der Waals surface area contributed by atoms with Gasteiger partial charge >= 0.3 is 18.4 Å². The van der Waals surface area contributed by atoms with E-state index in [1.54, 1.807) is 0 Å². The average molecular weight is 423 g/mol. The van der Waals surface area contributed by atoms with Crippen molar-refractivity contribution < 1.29 is 41.1 Å². The normalized spacial score (nSPS) is 19.9. The van der Waals surface area contributed by atoms with E-state index in [1.807, 2.05) is 0 Å². The number of alkyl halides is 6. The highest BCUT2D eigenvalue weighted by Crippen LogP contribution is 2.36. The van der Waals surface area contributed by atoms with Crippen molar-refractivity contribution in [2.24, 2.45) is 0 Å². The van der Waals surface area contributed by atoms with Crippen molar-refractivity contribution >= 4 is 6.03 Å². The first-order valence-electron chi connectivity index (χ1n) is 8.20. The lowest BCUT2D eigenvalue weighted by Crippen LogP contribution is -2.46. The predicted molar refractivity (Wildman–Crippen MR) is 85.9 cm³/mol. The van der Waals surface area contributed by atoms with E-state index in [4.69, 9.17) is 4.74 Å². The van der Waals surface area contributed by atoms with Crippen LogP contribution in [0.4, 0.5) is 31.1 Å². The molecular weight excluding hydrogens is 408 g/mol. The van der Waals surface area contributed by atoms with Gasteiger partial charge in [-0.2, -0.15) is 31.1 Å². The van der Waals surface area contributed by atoms with Crippen LogP contribution < -0.4 is 10.6 Å². The molecule has 12 heteroatoms. The van der Waals surface area contributed by atoms with Gasteiger partial charge in [-0.3, -0.25) is 0 Å². The molecule has 1 unspecified atom stereocenters. The third-order valence-electron chi connectivity index (χ3n) is 4.39. The second-order valence-electron chi connectivity index (χ2n) is 6.53. The average Bonchev–Trinajstić information content (AvgIpc) is 3.20. The molecule has 3 rings (SSSR count). The van der Waals surface area contributed by atoms with Crippen LogP contribution in [-0.4, -0.2) is 29.1 Å². The van der Waals surface area contributed by atoms with Gasteiger partial charge in [0.05, 0.1) is 36.6 Å². The lowest BCUT2D eigenvalue weighted by atomic mass is 9.97. The molecule has 1 atom stereocenters. The molecule has 0 radical (unpaired) electrons. The summed E-state index contributed by atoms with van der Waals surface area (Å²) in [7, 11) is 0. The summed E-state index contributed by atoms with van der Waals surface area (Å²) < 4.78 is 83.8. The number of nitrogens with zero attached hydrogens (tertiary/aromatic N) is 1. The highest BCUT2D eigenvalue weighted by Gasteiger charge is 2.42. The Kier molecular flexibility index (Phi) is 5.15. The van der Waals surface area contributed by atoms with Crippen LogP contribution in [0.15, 0.2) is 36.5 Å². The largest absolute Gasteiger partial charge is 0.429 e. The van der Waals surface area contributed by atoms with Gasteiger partial charge in [0.1, 0.15) is 5.54 Å². The molecular formula is C17H15F6N3O3. The number of hydrogen-bond donors (Lipinski definition) is 3. The van der Waals surface area contributed by atoms with E-state index in [1.165, 1.54) is 18.3 Å². The molecule has 1 aliphatic rings. The zero-order valence-electron chi connectivity index (χ0n) is 14.6. The Bertz CT molecular complexity index is 876. The first-order valence-corrected chi connectivity index (χ1v) is 8.20. The van der Waals surface area contributed by atoms with E-state index in [0.717, 1.165) is 4.73 Å². The maximum Gasteiger partial charge on any atom is 0.416 e. The van der Waals surface area contributed by atoms with Crippen molar-refractivity contribution in [2.45, 2.75) is 24.5 Å². The van der Waals surface area contributed by atoms with Gasteiger partial charge in [0.2, 0.25) is 0 Å². The van der Waals surface area contributed by atoms with Gasteiger partial charge < -0.3 is 20.6 Å². The number of ether oxygens (including phenoxy) is 1. The standard InChI is InChI=1S/C17H15F6N3O3/c18-16(19,20)11-4-10(5-12(6-11)17(21,22)23)7-29-9-15(8-24-14(27)25-15)13-2-1-3-26(13)28/h1-6,28H,7-9H2,(H2,24,25,27). The van der Waals surface area contributed by atoms with Gasteiger partial charge in [0.15, 0.2) is 0 Å². The zero-order valence-corrected chi connectivity index (χ0v) is 14.6. The number of aromatic nitrogens is 1. The van der Waals surface area contributed by atoms with Crippen LogP contribution in [0.25, 0.3) is 0 Å². The number of nitrogens with one attached hydrogen (secondary N) is 2. The number of carbonyl (C=O) groups excluding carboxylic acids is 1. The van der Waals surface area contributed by atoms with Crippen LogP contribution in [0.2, 0.25) is 0 Å². The number of carbonyl (C=O) groups is 1. The molecule has 1 saturated heterocycles. The zero-order chi connectivity index (χ0) is 21.4. The summed E-state index contributed by atoms with van der Waals surface area (Å²) in [6.45, 7) is -0.891. The van der Waals surface area contributed by atoms with E-state index in [9.17, 15) is 36.3 Å². The van der Waals surface area contributed by atoms with E-state index < -0.39 is 41.7 Å². The maximum absolute atomic E-state index is 12.9. The Balaban J connectivity index is 1.82. The minimum absolute atomic E-state index is 0.00714. The Hall–Kier alpha value is -2.89. The van der Waals surface area contributed by atoms with E-state index >= 15 is 0 Å². The molecule has 1 aliphatic heterocycles. The molecule has 0 spiro atoms. The number of rotatable bonds is 5. The minimum atomic E-state index is -4.96. The van der Waals surface area contributed by atoms with E-state index in [2.05, 4.69) is 10.6 Å². The molecule has 6 nitrogen and oxygen atoms in total. The number of benzene rings is 1. The lowest BCUT2D eigenvalue weighted by Gasteiger charge is -2.27. The van der Waals surface area contributed by atoms with E-state index in [-0.39, 0.29) is 30.5 Å². The number of halogens is 6. The molecule has 1 fully saturated rings. The summed E-state index contributed by atoms with van der Waals surface area (Å²) in [6.07, 6.45) is -8.62. The second-order valence-corrected chi connectivity index (χ2v) is 6.53. The van der Waals surface area contributed by atoms with Crippen molar-refractivity contribution in [3.8, 4) is 0 Å². The molecule has 158 valence electrons. The second kappa shape index (κ2) is 7.17. The fraction of sp³-hybridized carbons (Fsp3) is 0.353. The molecule has 29 heavy (non-hydrogen) atoms. The fourth-order valence-electron chi connectivity index (χ4n) is 3.05. The Labute approximate surface area is 160 Å². The summed E-state index contributed by atoms with van der Waals surface area (Å²) in [4.78, 5) is 11.6. The summed E-state index contributed by atoms with van der Waals surface area (Å²) in [5, 5.41) is 14.9. The van der Waals surface area contributed by atoms with Crippen LogP contribution in [-0.2, 0) is 29.2 Å². The quantitative estimate of drug-likeness (QED) is 0.509. The minimum Gasteiger partial charge on any atom is -0.429 e. The number of hydrogen-bond acceptors (Lipinski definition) is 3. The molecule has 1 aromatic heterocycles. The third kappa shape index (κ3) is 4.42. The monoisotopic (exact) mass is 423 g/mol. The van der Waals surface area contributed by atoms with Crippen molar-refractivity contribution in [1.82, 2.24) is 15.4 Å². The van der Waals surface area contributed by atoms with Crippen molar-refractivity contribution in [2.75, 3.05) is 13.2 Å². The van der Waals surface area contributed by atoms with Gasteiger partial charge in [0.25, 0.3) is 0 Å². The van der Waals surface area contributed by atoms with Gasteiger partial charge in [-0.25, -0.2) is 4.79 Å². The molecule has 2 amide bonds. The van der Waals surface area contributed by atoms with Crippen molar-refractivity contribution in [3.63, 3.8) is 0 Å². The highest BCUT2D eigenvalue weighted by atomic mass is 19.4. The molecule has 1 aromatic carbocycles. The summed E-state index contributed by atoms with van der Waals surface area (Å²) in [5.41, 5.74) is -4.24. The van der Waals surface area contributed by atoms with E-state index in [0.29, 0.717) is 12.1 Å². The SMILES string of the molecule is O=C1NCC(COCc2cc(C(F)(F)F)cc(C(F)(F)F)c2)(c2cccn2O)N1. The Morgan fingerprint density at radius 1 is 1.10 bits per heavy atom. The topological polar surface area (TPSA) is 75.5 Å². The Morgan fingerprint density at radius 2 is 1.72 bits per heavy atom. The summed E-state index contributed by atoms with van der Waals surface area (Å²) in [5.74, 6) is 0. The lowest BCUT2D eigenvalue weighted by molar-refractivity contribution is -0.143. The summed E-state index contributed by atoms with van der Waals surface area (Å²) in [6, 6.07) is 3.59. The molecule has 0 saturated carbocycles. The maximum atomic E-state index is 12.9. The van der Waals surface area contributed by atoms with Gasteiger partial charge in [-0.1, -0.05) is 0 Å². The molecule has 2 aromatic rings.